The fourth-order valence-electron chi connectivity index (χ4n) is 1.13. The van der Waals surface area contributed by atoms with Crippen LogP contribution in [-0.2, 0) is 9.59 Å². The number of hydrogen-bond donors (Lipinski definition) is 3. The van der Waals surface area contributed by atoms with Gasteiger partial charge in [0.25, 0.3) is 0 Å². The Morgan fingerprint density at radius 3 is 2.19 bits per heavy atom. The van der Waals surface area contributed by atoms with Gasteiger partial charge in [0.1, 0.15) is 0 Å². The van der Waals surface area contributed by atoms with E-state index in [0.29, 0.717) is 18.7 Å². The Kier molecular flexibility index (Phi) is 15.2. The van der Waals surface area contributed by atoms with Gasteiger partial charge in [-0.05, 0) is 53.0 Å². The second-order valence-electron chi connectivity index (χ2n) is 4.83. The summed E-state index contributed by atoms with van der Waals surface area (Å²) in [5.74, 6) is -0.183. The van der Waals surface area contributed by atoms with Gasteiger partial charge in [0, 0.05) is 18.7 Å². The molecule has 0 aliphatic carbocycles. The van der Waals surface area contributed by atoms with Crippen LogP contribution in [0.1, 0.15) is 19.8 Å². The molecule has 0 spiro atoms. The van der Waals surface area contributed by atoms with Crippen molar-refractivity contribution in [1.29, 1.82) is 0 Å². The van der Waals surface area contributed by atoms with E-state index < -0.39 is 0 Å². The first-order chi connectivity index (χ1) is 9.84. The standard InChI is InChI=1S/C9H18N2O.C6H12N2O/c1-8(2)9(12)10-6-5-7-11(3)4;1-2-6(9)8-5-3-4-7/h1,5-7H2,2-4H3,(H,10,12);2H,1,3-5,7H2,(H,8,9). The molecule has 0 aromatic rings. The van der Waals surface area contributed by atoms with Crippen molar-refractivity contribution in [3.63, 3.8) is 0 Å². The van der Waals surface area contributed by atoms with E-state index in [2.05, 4.69) is 28.7 Å². The van der Waals surface area contributed by atoms with Crippen LogP contribution in [0.3, 0.4) is 0 Å². The first-order valence-corrected chi connectivity index (χ1v) is 7.03. The maximum Gasteiger partial charge on any atom is 0.246 e. The third kappa shape index (κ3) is 18.3. The molecule has 0 saturated heterocycles. The van der Waals surface area contributed by atoms with E-state index in [9.17, 15) is 9.59 Å². The molecule has 0 aliphatic heterocycles. The molecule has 0 unspecified atom stereocenters. The monoisotopic (exact) mass is 298 g/mol. The Hall–Kier alpha value is -1.66. The van der Waals surface area contributed by atoms with Crippen LogP contribution in [0.5, 0.6) is 0 Å². The summed E-state index contributed by atoms with van der Waals surface area (Å²) in [6.45, 7) is 11.5. The Balaban J connectivity index is 0. The maximum absolute atomic E-state index is 11.0. The van der Waals surface area contributed by atoms with E-state index in [-0.39, 0.29) is 11.8 Å². The number of amides is 2. The van der Waals surface area contributed by atoms with Crippen LogP contribution in [0, 0.1) is 0 Å². The molecule has 0 atom stereocenters. The van der Waals surface area contributed by atoms with Gasteiger partial charge in [0.2, 0.25) is 11.8 Å². The second-order valence-corrected chi connectivity index (χ2v) is 4.83. The summed E-state index contributed by atoms with van der Waals surface area (Å²) in [6.07, 6.45) is 3.04. The van der Waals surface area contributed by atoms with Crippen molar-refractivity contribution in [2.75, 3.05) is 40.3 Å². The van der Waals surface area contributed by atoms with Gasteiger partial charge < -0.3 is 21.3 Å². The third-order valence-corrected chi connectivity index (χ3v) is 2.32. The van der Waals surface area contributed by atoms with Gasteiger partial charge >= 0.3 is 0 Å². The van der Waals surface area contributed by atoms with Gasteiger partial charge in [-0.25, -0.2) is 0 Å². The van der Waals surface area contributed by atoms with E-state index in [1.54, 1.807) is 6.92 Å². The maximum atomic E-state index is 11.0. The summed E-state index contributed by atoms with van der Waals surface area (Å²) in [5, 5.41) is 5.37. The lowest BCUT2D eigenvalue weighted by atomic mass is 10.3. The molecule has 4 N–H and O–H groups in total. The number of rotatable bonds is 9. The largest absolute Gasteiger partial charge is 0.353 e. The van der Waals surface area contributed by atoms with E-state index >= 15 is 0 Å². The van der Waals surface area contributed by atoms with Crippen molar-refractivity contribution in [1.82, 2.24) is 15.5 Å². The first-order valence-electron chi connectivity index (χ1n) is 7.03. The summed E-state index contributed by atoms with van der Waals surface area (Å²) in [5.41, 5.74) is 5.75. The molecule has 122 valence electrons. The average Bonchev–Trinajstić information content (AvgIpc) is 2.43. The van der Waals surface area contributed by atoms with E-state index in [1.807, 2.05) is 14.1 Å². The number of carbonyl (C=O) groups is 2. The van der Waals surface area contributed by atoms with Crippen LogP contribution in [0.25, 0.3) is 0 Å². The predicted molar refractivity (Wildman–Crippen MR) is 87.9 cm³/mol. The van der Waals surface area contributed by atoms with Crippen molar-refractivity contribution in [2.45, 2.75) is 19.8 Å². The van der Waals surface area contributed by atoms with Crippen LogP contribution >= 0.6 is 0 Å². The summed E-state index contributed by atoms with van der Waals surface area (Å²) in [4.78, 5) is 23.5. The minimum absolute atomic E-state index is 0.0474. The lowest BCUT2D eigenvalue weighted by molar-refractivity contribution is -0.117. The van der Waals surface area contributed by atoms with Gasteiger partial charge in [-0.3, -0.25) is 9.59 Å². The fraction of sp³-hybridized carbons (Fsp3) is 0.600. The molecule has 0 aromatic carbocycles. The van der Waals surface area contributed by atoms with E-state index in [4.69, 9.17) is 5.73 Å². The molecule has 21 heavy (non-hydrogen) atoms. The third-order valence-electron chi connectivity index (χ3n) is 2.32. The number of nitrogens with two attached hydrogens (primary N) is 1. The molecule has 0 saturated carbocycles. The van der Waals surface area contributed by atoms with E-state index in [1.165, 1.54) is 6.08 Å². The number of nitrogens with zero attached hydrogens (tertiary/aromatic N) is 1. The number of hydrogen-bond acceptors (Lipinski definition) is 4. The summed E-state index contributed by atoms with van der Waals surface area (Å²) < 4.78 is 0. The molecular weight excluding hydrogens is 268 g/mol. The highest BCUT2D eigenvalue weighted by Crippen LogP contribution is 1.86. The summed E-state index contributed by atoms with van der Waals surface area (Å²) in [6, 6.07) is 0. The van der Waals surface area contributed by atoms with Gasteiger partial charge in [-0.2, -0.15) is 0 Å². The van der Waals surface area contributed by atoms with Crippen molar-refractivity contribution in [2.24, 2.45) is 5.73 Å². The zero-order valence-corrected chi connectivity index (χ0v) is 13.6. The number of carbonyl (C=O) groups excluding carboxylic acids is 2. The Bertz CT molecular complexity index is 328. The molecule has 0 aliphatic rings. The van der Waals surface area contributed by atoms with Crippen molar-refractivity contribution >= 4 is 11.8 Å². The van der Waals surface area contributed by atoms with Gasteiger partial charge in [0.15, 0.2) is 0 Å². The van der Waals surface area contributed by atoms with Crippen LogP contribution in [0.15, 0.2) is 24.8 Å². The van der Waals surface area contributed by atoms with Crippen LogP contribution in [-0.4, -0.2) is 57.0 Å². The molecule has 0 heterocycles. The molecule has 0 radical (unpaired) electrons. The minimum Gasteiger partial charge on any atom is -0.353 e. The normalized spacial score (nSPS) is 9.38. The van der Waals surface area contributed by atoms with Gasteiger partial charge in [-0.1, -0.05) is 13.2 Å². The van der Waals surface area contributed by atoms with Crippen molar-refractivity contribution in [3.05, 3.63) is 24.8 Å². The highest BCUT2D eigenvalue weighted by Gasteiger charge is 1.99. The Morgan fingerprint density at radius 2 is 1.76 bits per heavy atom. The molecule has 2 amide bonds. The zero-order chi connectivity index (χ0) is 16.7. The Morgan fingerprint density at radius 1 is 1.19 bits per heavy atom. The Labute approximate surface area is 128 Å². The summed E-state index contributed by atoms with van der Waals surface area (Å²) in [7, 11) is 4.03. The quantitative estimate of drug-likeness (QED) is 0.421. The molecule has 6 heteroatoms. The summed E-state index contributed by atoms with van der Waals surface area (Å²) >= 11 is 0. The first kappa shape index (κ1) is 21.6. The van der Waals surface area contributed by atoms with Crippen LogP contribution in [0.4, 0.5) is 0 Å². The van der Waals surface area contributed by atoms with E-state index in [0.717, 1.165) is 25.9 Å². The zero-order valence-electron chi connectivity index (χ0n) is 13.6. The molecule has 0 rings (SSSR count). The predicted octanol–water partition coefficient (Wildman–Crippen LogP) is 0.268. The average molecular weight is 298 g/mol. The molecule has 6 nitrogen and oxygen atoms in total. The lowest BCUT2D eigenvalue weighted by Gasteiger charge is -2.09. The number of nitrogens with one attached hydrogen (secondary N) is 2. The second kappa shape index (κ2) is 14.7. The lowest BCUT2D eigenvalue weighted by Crippen LogP contribution is -2.27. The minimum atomic E-state index is -0.136. The molecule has 0 fully saturated rings. The van der Waals surface area contributed by atoms with Gasteiger partial charge in [0.05, 0.1) is 0 Å². The van der Waals surface area contributed by atoms with Crippen LogP contribution < -0.4 is 16.4 Å². The SMILES string of the molecule is C=C(C)C(=O)NCCCN(C)C.C=CC(=O)NCCCN. The smallest absolute Gasteiger partial charge is 0.246 e. The molecular formula is C15H30N4O2. The molecule has 0 aromatic heterocycles. The molecule has 0 bridgehead atoms. The van der Waals surface area contributed by atoms with Crippen LogP contribution in [0.2, 0.25) is 0 Å². The topological polar surface area (TPSA) is 87.5 Å². The highest BCUT2D eigenvalue weighted by atomic mass is 16.2. The van der Waals surface area contributed by atoms with Crippen molar-refractivity contribution in [3.8, 4) is 0 Å². The van der Waals surface area contributed by atoms with Crippen molar-refractivity contribution < 1.29 is 9.59 Å². The fourth-order valence-corrected chi connectivity index (χ4v) is 1.13. The van der Waals surface area contributed by atoms with Gasteiger partial charge in [-0.15, -0.1) is 0 Å². The highest BCUT2D eigenvalue weighted by molar-refractivity contribution is 5.92.